The lowest BCUT2D eigenvalue weighted by atomic mass is 10.1. The van der Waals surface area contributed by atoms with Gasteiger partial charge in [-0.15, -0.1) is 0 Å². The molecular formula is C25H27N5O5. The van der Waals surface area contributed by atoms with Crippen molar-refractivity contribution in [1.29, 1.82) is 0 Å². The fourth-order valence-electron chi connectivity index (χ4n) is 3.91. The summed E-state index contributed by atoms with van der Waals surface area (Å²) >= 11 is 0. The Balaban J connectivity index is 1.67. The number of hydrogen-bond acceptors (Lipinski definition) is 8. The van der Waals surface area contributed by atoms with E-state index in [-0.39, 0.29) is 36.5 Å². The third kappa shape index (κ3) is 4.54. The van der Waals surface area contributed by atoms with Crippen LogP contribution in [0, 0.1) is 0 Å². The number of para-hydroxylation sites is 2. The number of nitrogens with one attached hydrogen (secondary N) is 1. The second-order valence-corrected chi connectivity index (χ2v) is 7.92. The first-order chi connectivity index (χ1) is 16.9. The fraction of sp³-hybridized carbons (Fsp3) is 0.280. The Morgan fingerprint density at radius 3 is 2.40 bits per heavy atom. The number of carbonyl (C=O) groups excluding carboxylic acids is 2. The van der Waals surface area contributed by atoms with E-state index in [9.17, 15) is 9.59 Å². The minimum atomic E-state index is -0.569. The first-order valence-electron chi connectivity index (χ1n) is 11.1. The molecule has 0 saturated carbocycles. The van der Waals surface area contributed by atoms with Gasteiger partial charge in [0.05, 0.1) is 31.9 Å². The summed E-state index contributed by atoms with van der Waals surface area (Å²) in [5.74, 6) is 0.299. The highest BCUT2D eigenvalue weighted by Gasteiger charge is 2.26. The second kappa shape index (κ2) is 9.88. The third-order valence-electron chi connectivity index (χ3n) is 5.55. The molecule has 2 aromatic heterocycles. The number of carbonyl (C=O) groups is 2. The molecule has 0 aliphatic carbocycles. The number of anilines is 1. The van der Waals surface area contributed by atoms with Gasteiger partial charge in [0, 0.05) is 18.2 Å². The maximum absolute atomic E-state index is 12.9. The molecule has 182 valence electrons. The zero-order valence-electron chi connectivity index (χ0n) is 20.0. The predicted molar refractivity (Wildman–Crippen MR) is 132 cm³/mol. The number of aromatic nitrogens is 3. The van der Waals surface area contributed by atoms with Crippen LogP contribution in [0.1, 0.15) is 34.6 Å². The van der Waals surface area contributed by atoms with Gasteiger partial charge in [-0.2, -0.15) is 0 Å². The summed E-state index contributed by atoms with van der Waals surface area (Å²) in [4.78, 5) is 34.9. The molecule has 4 rings (SSSR count). The van der Waals surface area contributed by atoms with E-state index < -0.39 is 5.97 Å². The van der Waals surface area contributed by atoms with E-state index >= 15 is 0 Å². The number of benzene rings is 2. The van der Waals surface area contributed by atoms with Crippen LogP contribution in [0.25, 0.3) is 22.2 Å². The van der Waals surface area contributed by atoms with Gasteiger partial charge >= 0.3 is 5.97 Å². The topological polar surface area (TPSA) is 131 Å². The number of esters is 1. The van der Waals surface area contributed by atoms with Crippen LogP contribution in [0.3, 0.4) is 0 Å². The summed E-state index contributed by atoms with van der Waals surface area (Å²) in [6.45, 7) is 4.01. The van der Waals surface area contributed by atoms with E-state index in [1.165, 1.54) is 14.2 Å². The quantitative estimate of drug-likeness (QED) is 0.370. The van der Waals surface area contributed by atoms with Gasteiger partial charge in [-0.3, -0.25) is 4.79 Å². The Hall–Kier alpha value is -4.34. The number of nitrogens with two attached hydrogens (primary N) is 1. The molecule has 3 N–H and O–H groups in total. The molecule has 0 aliphatic heterocycles. The summed E-state index contributed by atoms with van der Waals surface area (Å²) in [6.07, 6.45) is 0. The van der Waals surface area contributed by atoms with Gasteiger partial charge in [0.2, 0.25) is 0 Å². The molecular weight excluding hydrogens is 450 g/mol. The molecule has 0 saturated heterocycles. The number of rotatable bonds is 8. The van der Waals surface area contributed by atoms with Gasteiger partial charge < -0.3 is 29.8 Å². The lowest BCUT2D eigenvalue weighted by Crippen LogP contribution is -2.36. The molecule has 0 spiro atoms. The van der Waals surface area contributed by atoms with Crippen molar-refractivity contribution < 1.29 is 23.8 Å². The average molecular weight is 478 g/mol. The minimum absolute atomic E-state index is 0.165. The molecule has 2 heterocycles. The van der Waals surface area contributed by atoms with E-state index in [4.69, 9.17) is 24.9 Å². The molecule has 1 amide bonds. The summed E-state index contributed by atoms with van der Waals surface area (Å²) in [5.41, 5.74) is 9.09. The van der Waals surface area contributed by atoms with Crippen LogP contribution in [0.2, 0.25) is 0 Å². The van der Waals surface area contributed by atoms with Gasteiger partial charge in [-0.05, 0) is 44.2 Å². The van der Waals surface area contributed by atoms with E-state index in [1.807, 2.05) is 31.2 Å². The number of nitrogen functional groups attached to an aromatic ring is 1. The molecule has 2 aromatic carbocycles. The second-order valence-electron chi connectivity index (χ2n) is 7.92. The lowest BCUT2D eigenvalue weighted by Gasteiger charge is -2.17. The van der Waals surface area contributed by atoms with Crippen molar-refractivity contribution in [2.45, 2.75) is 26.4 Å². The van der Waals surface area contributed by atoms with Crippen LogP contribution in [0.15, 0.2) is 42.5 Å². The Labute approximate surface area is 202 Å². The van der Waals surface area contributed by atoms with E-state index in [2.05, 4.69) is 10.3 Å². The van der Waals surface area contributed by atoms with Crippen LogP contribution in [-0.4, -0.2) is 53.3 Å². The molecule has 1 atom stereocenters. The van der Waals surface area contributed by atoms with Crippen LogP contribution >= 0.6 is 0 Å². The highest BCUT2D eigenvalue weighted by atomic mass is 16.5. The Morgan fingerprint density at radius 2 is 1.74 bits per heavy atom. The smallest absolute Gasteiger partial charge is 0.344 e. The Morgan fingerprint density at radius 1 is 1.06 bits per heavy atom. The number of methoxy groups -OCH3 is 2. The van der Waals surface area contributed by atoms with Crippen LogP contribution in [0.5, 0.6) is 11.5 Å². The zero-order valence-corrected chi connectivity index (χ0v) is 20.0. The van der Waals surface area contributed by atoms with Crippen LogP contribution < -0.4 is 20.5 Å². The molecule has 0 fully saturated rings. The predicted octanol–water partition coefficient (Wildman–Crippen LogP) is 3.18. The van der Waals surface area contributed by atoms with Gasteiger partial charge in [-0.1, -0.05) is 12.1 Å². The zero-order chi connectivity index (χ0) is 25.1. The Bertz CT molecular complexity index is 1410. The first kappa shape index (κ1) is 23.8. The monoisotopic (exact) mass is 477 g/mol. The maximum Gasteiger partial charge on any atom is 0.344 e. The number of amides is 1. The number of ether oxygens (including phenoxy) is 3. The van der Waals surface area contributed by atoms with Crippen LogP contribution in [-0.2, 0) is 11.3 Å². The van der Waals surface area contributed by atoms with Gasteiger partial charge in [-0.25, -0.2) is 14.8 Å². The summed E-state index contributed by atoms with van der Waals surface area (Å²) in [6, 6.07) is 11.9. The minimum Gasteiger partial charge on any atom is -0.493 e. The molecule has 0 unspecified atom stereocenters. The van der Waals surface area contributed by atoms with Crippen molar-refractivity contribution in [2.24, 2.45) is 0 Å². The summed E-state index contributed by atoms with van der Waals surface area (Å²) < 4.78 is 17.4. The number of nitrogens with zero attached hydrogens (tertiary/aromatic N) is 3. The Kier molecular flexibility index (Phi) is 6.72. The summed E-state index contributed by atoms with van der Waals surface area (Å²) in [7, 11) is 3.04. The first-order valence-corrected chi connectivity index (χ1v) is 11.1. The highest BCUT2D eigenvalue weighted by molar-refractivity contribution is 6.08. The van der Waals surface area contributed by atoms with Crippen molar-refractivity contribution in [1.82, 2.24) is 19.9 Å². The molecule has 4 aromatic rings. The molecule has 0 radical (unpaired) electrons. The molecule has 0 bridgehead atoms. The van der Waals surface area contributed by atoms with E-state index in [1.54, 1.807) is 29.7 Å². The highest BCUT2D eigenvalue weighted by Crippen LogP contribution is 2.29. The maximum atomic E-state index is 12.9. The molecule has 0 aliphatic rings. The van der Waals surface area contributed by atoms with Crippen molar-refractivity contribution in [3.8, 4) is 11.5 Å². The number of fused-ring (bicyclic) bond motifs is 2. The van der Waals surface area contributed by atoms with Crippen molar-refractivity contribution in [3.63, 3.8) is 0 Å². The van der Waals surface area contributed by atoms with Crippen LogP contribution in [0.4, 0.5) is 5.82 Å². The van der Waals surface area contributed by atoms with E-state index in [0.717, 1.165) is 0 Å². The van der Waals surface area contributed by atoms with Gasteiger partial charge in [0.15, 0.2) is 17.1 Å². The van der Waals surface area contributed by atoms with Crippen molar-refractivity contribution in [3.05, 3.63) is 53.6 Å². The number of hydrogen-bond donors (Lipinski definition) is 2. The molecule has 10 nitrogen and oxygen atoms in total. The molecule has 10 heteroatoms. The normalized spacial score (nSPS) is 11.9. The van der Waals surface area contributed by atoms with Gasteiger partial charge in [0.1, 0.15) is 16.9 Å². The van der Waals surface area contributed by atoms with Gasteiger partial charge in [0.25, 0.3) is 5.91 Å². The SMILES string of the molecule is CCOC(=O)c1c(N)n(C[C@H](C)NC(=O)c2ccc(OC)c(OC)c2)c2nc3ccccc3nc12. The van der Waals surface area contributed by atoms with Crippen molar-refractivity contribution >= 4 is 39.9 Å². The standard InChI is InChI=1S/C25H27N5O5/c1-5-35-25(32)20-21-23(29-17-9-7-6-8-16(17)28-21)30(22(20)26)13-14(2)27-24(31)15-10-11-18(33-3)19(12-15)34-4/h6-12,14H,5,13,26H2,1-4H3,(H,27,31)/t14-/m0/s1. The lowest BCUT2D eigenvalue weighted by molar-refractivity contribution is 0.0529. The van der Waals surface area contributed by atoms with E-state index in [0.29, 0.717) is 39.3 Å². The average Bonchev–Trinajstić information content (AvgIpc) is 3.12. The summed E-state index contributed by atoms with van der Waals surface area (Å²) in [5, 5.41) is 2.95. The largest absolute Gasteiger partial charge is 0.493 e. The third-order valence-corrected chi connectivity index (χ3v) is 5.55. The fourth-order valence-corrected chi connectivity index (χ4v) is 3.91. The molecule has 35 heavy (non-hydrogen) atoms. The van der Waals surface area contributed by atoms with Crippen molar-refractivity contribution in [2.75, 3.05) is 26.6 Å².